The van der Waals surface area contributed by atoms with Gasteiger partial charge in [0.05, 0.1) is 22.7 Å². The van der Waals surface area contributed by atoms with E-state index in [1.165, 1.54) is 0 Å². The molecule has 0 saturated heterocycles. The third-order valence-corrected chi connectivity index (χ3v) is 3.49. The van der Waals surface area contributed by atoms with E-state index in [9.17, 15) is 0 Å². The van der Waals surface area contributed by atoms with Crippen molar-refractivity contribution in [2.24, 2.45) is 11.8 Å². The minimum Gasteiger partial charge on any atom is -0.384 e. The van der Waals surface area contributed by atoms with Crippen LogP contribution < -0.4 is 0 Å². The first-order chi connectivity index (χ1) is 10.0. The second-order valence-electron chi connectivity index (χ2n) is 6.11. The van der Waals surface area contributed by atoms with Crippen molar-refractivity contribution in [1.29, 1.82) is 5.26 Å². The molecular formula is C17H23N3O. The van der Waals surface area contributed by atoms with E-state index >= 15 is 0 Å². The first-order valence-corrected chi connectivity index (χ1v) is 7.43. The summed E-state index contributed by atoms with van der Waals surface area (Å²) in [6.07, 6.45) is 0.886. The molecular weight excluding hydrogens is 262 g/mol. The summed E-state index contributed by atoms with van der Waals surface area (Å²) < 4.78 is 7.51. The molecule has 0 aliphatic rings. The highest BCUT2D eigenvalue weighted by atomic mass is 16.5. The van der Waals surface area contributed by atoms with Crippen LogP contribution in [0.25, 0.3) is 11.0 Å². The van der Waals surface area contributed by atoms with Gasteiger partial charge >= 0.3 is 0 Å². The molecule has 1 atom stereocenters. The molecule has 4 heteroatoms. The molecule has 0 N–H and O–H groups in total. The molecule has 0 saturated carbocycles. The Kier molecular flexibility index (Phi) is 4.98. The normalized spacial score (nSPS) is 12.8. The molecule has 0 amide bonds. The van der Waals surface area contributed by atoms with Gasteiger partial charge in [-0.3, -0.25) is 0 Å². The number of benzene rings is 1. The Hall–Kier alpha value is -1.86. The van der Waals surface area contributed by atoms with Gasteiger partial charge in [-0.25, -0.2) is 4.98 Å². The van der Waals surface area contributed by atoms with Crippen LogP contribution in [0, 0.1) is 23.2 Å². The third-order valence-electron chi connectivity index (χ3n) is 3.49. The molecule has 0 aliphatic heterocycles. The molecule has 0 spiro atoms. The van der Waals surface area contributed by atoms with E-state index < -0.39 is 0 Å². The fourth-order valence-corrected chi connectivity index (χ4v) is 2.63. The lowest BCUT2D eigenvalue weighted by Gasteiger charge is -2.14. The fourth-order valence-electron chi connectivity index (χ4n) is 2.63. The van der Waals surface area contributed by atoms with Gasteiger partial charge in [-0.1, -0.05) is 20.8 Å². The largest absolute Gasteiger partial charge is 0.384 e. The summed E-state index contributed by atoms with van der Waals surface area (Å²) in [5.74, 6) is 2.06. The number of methoxy groups -OCH3 is 1. The molecule has 1 aromatic heterocycles. The van der Waals surface area contributed by atoms with Crippen LogP contribution >= 0.6 is 0 Å². The Balaban J connectivity index is 2.44. The Morgan fingerprint density at radius 1 is 1.33 bits per heavy atom. The summed E-state index contributed by atoms with van der Waals surface area (Å²) in [6, 6.07) is 7.92. The van der Waals surface area contributed by atoms with Crippen LogP contribution in [0.3, 0.4) is 0 Å². The average Bonchev–Trinajstić information content (AvgIpc) is 2.75. The number of ether oxygens (including phenoxy) is 1. The topological polar surface area (TPSA) is 50.8 Å². The molecule has 21 heavy (non-hydrogen) atoms. The average molecular weight is 285 g/mol. The summed E-state index contributed by atoms with van der Waals surface area (Å²) in [5.41, 5.74) is 2.69. The third kappa shape index (κ3) is 3.62. The molecule has 112 valence electrons. The zero-order valence-electron chi connectivity index (χ0n) is 13.3. The molecule has 0 aliphatic carbocycles. The number of fused-ring (bicyclic) bond motifs is 1. The lowest BCUT2D eigenvalue weighted by Crippen LogP contribution is -2.14. The van der Waals surface area contributed by atoms with E-state index in [-0.39, 0.29) is 0 Å². The predicted molar refractivity (Wildman–Crippen MR) is 84.0 cm³/mol. The highest BCUT2D eigenvalue weighted by Gasteiger charge is 2.15. The van der Waals surface area contributed by atoms with Crippen molar-refractivity contribution < 1.29 is 4.74 Å². The van der Waals surface area contributed by atoms with E-state index in [0.29, 0.717) is 17.4 Å². The molecule has 0 radical (unpaired) electrons. The van der Waals surface area contributed by atoms with E-state index in [1.54, 1.807) is 7.11 Å². The quantitative estimate of drug-likeness (QED) is 0.817. The van der Waals surface area contributed by atoms with Gasteiger partial charge in [-0.2, -0.15) is 5.26 Å². The number of aromatic nitrogens is 2. The predicted octanol–water partition coefficient (Wildman–Crippen LogP) is 3.39. The molecule has 1 heterocycles. The summed E-state index contributed by atoms with van der Waals surface area (Å²) in [5, 5.41) is 9.03. The van der Waals surface area contributed by atoms with Crippen molar-refractivity contribution in [1.82, 2.24) is 9.55 Å². The van der Waals surface area contributed by atoms with E-state index in [0.717, 1.165) is 36.4 Å². The van der Waals surface area contributed by atoms with Crippen molar-refractivity contribution in [3.63, 3.8) is 0 Å². The molecule has 1 aromatic carbocycles. The Morgan fingerprint density at radius 3 is 2.71 bits per heavy atom. The van der Waals surface area contributed by atoms with Crippen LogP contribution in [0.5, 0.6) is 0 Å². The van der Waals surface area contributed by atoms with Crippen LogP contribution in [0.2, 0.25) is 0 Å². The van der Waals surface area contributed by atoms with Crippen LogP contribution in [-0.2, 0) is 17.7 Å². The SMILES string of the molecule is COCC(C)Cc1nc2cc(C#N)ccc2n1CC(C)C. The zero-order valence-corrected chi connectivity index (χ0v) is 13.3. The lowest BCUT2D eigenvalue weighted by atomic mass is 10.1. The van der Waals surface area contributed by atoms with Gasteiger partial charge in [0.25, 0.3) is 0 Å². The number of hydrogen-bond donors (Lipinski definition) is 0. The van der Waals surface area contributed by atoms with E-state index in [2.05, 4.69) is 31.4 Å². The Labute approximate surface area is 126 Å². The minimum absolute atomic E-state index is 0.424. The van der Waals surface area contributed by atoms with Crippen LogP contribution in [-0.4, -0.2) is 23.3 Å². The smallest absolute Gasteiger partial charge is 0.110 e. The maximum absolute atomic E-state index is 9.03. The van der Waals surface area contributed by atoms with Gasteiger partial charge in [-0.15, -0.1) is 0 Å². The lowest BCUT2D eigenvalue weighted by molar-refractivity contribution is 0.158. The molecule has 1 unspecified atom stereocenters. The van der Waals surface area contributed by atoms with Crippen LogP contribution in [0.4, 0.5) is 0 Å². The number of nitrogens with zero attached hydrogens (tertiary/aromatic N) is 3. The molecule has 0 bridgehead atoms. The second-order valence-corrected chi connectivity index (χ2v) is 6.11. The summed E-state index contributed by atoms with van der Waals surface area (Å²) >= 11 is 0. The second kappa shape index (κ2) is 6.73. The van der Waals surface area contributed by atoms with Gasteiger partial charge in [0.15, 0.2) is 0 Å². The Bertz CT molecular complexity index is 652. The standard InChI is InChI=1S/C17H23N3O/c1-12(2)10-20-16-6-5-14(9-18)8-15(16)19-17(20)7-13(3)11-21-4/h5-6,8,12-13H,7,10-11H2,1-4H3. The highest BCUT2D eigenvalue weighted by Crippen LogP contribution is 2.21. The first kappa shape index (κ1) is 15.5. The van der Waals surface area contributed by atoms with Gasteiger partial charge in [0.1, 0.15) is 5.82 Å². The van der Waals surface area contributed by atoms with Gasteiger partial charge in [0.2, 0.25) is 0 Å². The zero-order chi connectivity index (χ0) is 15.4. The summed E-state index contributed by atoms with van der Waals surface area (Å²) in [7, 11) is 1.73. The highest BCUT2D eigenvalue weighted by molar-refractivity contribution is 5.77. The maximum atomic E-state index is 9.03. The molecule has 0 fully saturated rings. The number of hydrogen-bond acceptors (Lipinski definition) is 3. The van der Waals surface area contributed by atoms with Crippen molar-refractivity contribution >= 4 is 11.0 Å². The number of imidazole rings is 1. The molecule has 2 aromatic rings. The van der Waals surface area contributed by atoms with Crippen LogP contribution in [0.15, 0.2) is 18.2 Å². The molecule has 4 nitrogen and oxygen atoms in total. The van der Waals surface area contributed by atoms with Crippen molar-refractivity contribution in [2.75, 3.05) is 13.7 Å². The van der Waals surface area contributed by atoms with E-state index in [4.69, 9.17) is 15.0 Å². The monoisotopic (exact) mass is 285 g/mol. The summed E-state index contributed by atoms with van der Waals surface area (Å²) in [4.78, 5) is 4.75. The van der Waals surface area contributed by atoms with Gasteiger partial charge < -0.3 is 9.30 Å². The maximum Gasteiger partial charge on any atom is 0.110 e. The fraction of sp³-hybridized carbons (Fsp3) is 0.529. The van der Waals surface area contributed by atoms with Crippen molar-refractivity contribution in [3.05, 3.63) is 29.6 Å². The van der Waals surface area contributed by atoms with E-state index in [1.807, 2.05) is 18.2 Å². The Morgan fingerprint density at radius 2 is 2.10 bits per heavy atom. The minimum atomic E-state index is 0.424. The van der Waals surface area contributed by atoms with Crippen molar-refractivity contribution in [3.8, 4) is 6.07 Å². The van der Waals surface area contributed by atoms with Gasteiger partial charge in [0, 0.05) is 26.7 Å². The van der Waals surface area contributed by atoms with Gasteiger partial charge in [-0.05, 0) is 30.0 Å². The molecule has 2 rings (SSSR count). The van der Waals surface area contributed by atoms with Crippen molar-refractivity contribution in [2.45, 2.75) is 33.7 Å². The number of nitriles is 1. The number of rotatable bonds is 6. The first-order valence-electron chi connectivity index (χ1n) is 7.43. The van der Waals surface area contributed by atoms with Crippen LogP contribution in [0.1, 0.15) is 32.2 Å². The summed E-state index contributed by atoms with van der Waals surface area (Å²) in [6.45, 7) is 8.25.